The van der Waals surface area contributed by atoms with Crippen molar-refractivity contribution in [2.24, 2.45) is 0 Å². The summed E-state index contributed by atoms with van der Waals surface area (Å²) >= 11 is 0. The summed E-state index contributed by atoms with van der Waals surface area (Å²) in [7, 11) is 1.53. The molecule has 1 atom stereocenters. The molecule has 0 spiro atoms. The lowest BCUT2D eigenvalue weighted by Crippen LogP contribution is -2.06. The Kier molecular flexibility index (Phi) is 3.69. The second-order valence-electron chi connectivity index (χ2n) is 3.64. The fourth-order valence-electron chi connectivity index (χ4n) is 1.59. The number of nitrogens with zero attached hydrogens (tertiary/aromatic N) is 2. The molecule has 0 bridgehead atoms. The quantitative estimate of drug-likeness (QED) is 0.861. The lowest BCUT2D eigenvalue weighted by atomic mass is 10.1. The first-order chi connectivity index (χ1) is 8.70. The highest BCUT2D eigenvalue weighted by molar-refractivity contribution is 5.68. The maximum atomic E-state index is 10.5. The second-order valence-corrected chi connectivity index (χ2v) is 3.64. The molecule has 0 amide bonds. The molecule has 2 aromatic rings. The molecule has 0 fully saturated rings. The van der Waals surface area contributed by atoms with Crippen LogP contribution in [0.3, 0.4) is 0 Å². The monoisotopic (exact) mass is 248 g/mol. The number of rotatable bonds is 5. The van der Waals surface area contributed by atoms with E-state index in [1.54, 1.807) is 0 Å². The van der Waals surface area contributed by atoms with E-state index in [1.807, 2.05) is 30.3 Å². The van der Waals surface area contributed by atoms with Crippen LogP contribution in [0.1, 0.15) is 23.4 Å². The zero-order chi connectivity index (χ0) is 13.0. The van der Waals surface area contributed by atoms with Gasteiger partial charge in [-0.2, -0.15) is 4.98 Å². The van der Waals surface area contributed by atoms with Crippen molar-refractivity contribution in [2.75, 3.05) is 7.11 Å². The summed E-state index contributed by atoms with van der Waals surface area (Å²) in [4.78, 5) is 14.5. The minimum atomic E-state index is -1.01. The van der Waals surface area contributed by atoms with E-state index in [9.17, 15) is 4.79 Å². The van der Waals surface area contributed by atoms with E-state index in [1.165, 1.54) is 7.11 Å². The van der Waals surface area contributed by atoms with Crippen LogP contribution in [0.5, 0.6) is 0 Å². The Labute approximate surface area is 103 Å². The molecule has 1 heterocycles. The molecule has 1 aromatic heterocycles. The Balaban J connectivity index is 2.23. The van der Waals surface area contributed by atoms with Crippen LogP contribution in [0.4, 0.5) is 0 Å². The lowest BCUT2D eigenvalue weighted by Gasteiger charge is -2.10. The molecule has 1 N–H and O–H groups in total. The largest absolute Gasteiger partial charge is 0.481 e. The SMILES string of the molecule is COC(c1ccccc1)c1noc(CC(=O)O)n1. The Morgan fingerprint density at radius 1 is 1.44 bits per heavy atom. The van der Waals surface area contributed by atoms with Gasteiger partial charge in [0, 0.05) is 7.11 Å². The number of carbonyl (C=O) groups is 1. The van der Waals surface area contributed by atoms with Gasteiger partial charge in [0.05, 0.1) is 0 Å². The summed E-state index contributed by atoms with van der Waals surface area (Å²) in [6.45, 7) is 0. The average molecular weight is 248 g/mol. The van der Waals surface area contributed by atoms with Gasteiger partial charge in [-0.05, 0) is 5.56 Å². The van der Waals surface area contributed by atoms with Crippen LogP contribution in [-0.2, 0) is 16.0 Å². The molecule has 6 heteroatoms. The smallest absolute Gasteiger partial charge is 0.312 e. The standard InChI is InChI=1S/C12H12N2O4/c1-17-11(8-5-3-2-4-6-8)12-13-9(18-14-12)7-10(15)16/h2-6,11H,7H2,1H3,(H,15,16). The van der Waals surface area contributed by atoms with Gasteiger partial charge < -0.3 is 14.4 Å². The third kappa shape index (κ3) is 2.72. The van der Waals surface area contributed by atoms with Gasteiger partial charge in [0.15, 0.2) is 0 Å². The zero-order valence-corrected chi connectivity index (χ0v) is 9.74. The number of aromatic nitrogens is 2. The summed E-state index contributed by atoms with van der Waals surface area (Å²) < 4.78 is 10.2. The number of hydrogen-bond acceptors (Lipinski definition) is 5. The molecule has 0 saturated heterocycles. The van der Waals surface area contributed by atoms with Gasteiger partial charge in [-0.25, -0.2) is 0 Å². The van der Waals surface area contributed by atoms with Crippen LogP contribution in [0.15, 0.2) is 34.9 Å². The molecule has 1 aromatic carbocycles. The van der Waals surface area contributed by atoms with E-state index >= 15 is 0 Å². The molecule has 0 aliphatic heterocycles. The van der Waals surface area contributed by atoms with Gasteiger partial charge in [-0.1, -0.05) is 35.5 Å². The van der Waals surface area contributed by atoms with E-state index in [4.69, 9.17) is 14.4 Å². The van der Waals surface area contributed by atoms with Gasteiger partial charge >= 0.3 is 5.97 Å². The molecule has 94 valence electrons. The average Bonchev–Trinajstić information content (AvgIpc) is 2.79. The van der Waals surface area contributed by atoms with Gasteiger partial charge in [0.25, 0.3) is 0 Å². The van der Waals surface area contributed by atoms with E-state index in [2.05, 4.69) is 10.1 Å². The van der Waals surface area contributed by atoms with Crippen LogP contribution in [-0.4, -0.2) is 28.3 Å². The third-order valence-electron chi connectivity index (χ3n) is 2.36. The van der Waals surface area contributed by atoms with Crippen molar-refractivity contribution < 1.29 is 19.2 Å². The molecular weight excluding hydrogens is 236 g/mol. The Morgan fingerprint density at radius 3 is 2.78 bits per heavy atom. The molecule has 6 nitrogen and oxygen atoms in total. The summed E-state index contributed by atoms with van der Waals surface area (Å²) in [5.74, 6) is -0.630. The lowest BCUT2D eigenvalue weighted by molar-refractivity contribution is -0.136. The summed E-state index contributed by atoms with van der Waals surface area (Å²) in [5, 5.41) is 12.4. The maximum absolute atomic E-state index is 10.5. The number of methoxy groups -OCH3 is 1. The normalized spacial score (nSPS) is 12.3. The van der Waals surface area contributed by atoms with Crippen LogP contribution in [0.2, 0.25) is 0 Å². The molecule has 0 saturated carbocycles. The predicted molar refractivity (Wildman–Crippen MR) is 60.9 cm³/mol. The van der Waals surface area contributed by atoms with Crippen molar-refractivity contribution >= 4 is 5.97 Å². The Morgan fingerprint density at radius 2 is 2.17 bits per heavy atom. The number of ether oxygens (including phenoxy) is 1. The van der Waals surface area contributed by atoms with E-state index in [-0.39, 0.29) is 12.3 Å². The summed E-state index contributed by atoms with van der Waals surface area (Å²) in [6.07, 6.45) is -0.754. The minimum absolute atomic E-state index is 0.0653. The fraction of sp³-hybridized carbons (Fsp3) is 0.250. The van der Waals surface area contributed by atoms with Crippen molar-refractivity contribution in [1.82, 2.24) is 10.1 Å². The molecule has 0 aliphatic rings. The summed E-state index contributed by atoms with van der Waals surface area (Å²) in [6, 6.07) is 9.39. The van der Waals surface area contributed by atoms with E-state index < -0.39 is 12.1 Å². The van der Waals surface area contributed by atoms with Gasteiger partial charge in [0.1, 0.15) is 12.5 Å². The van der Waals surface area contributed by atoms with Crippen molar-refractivity contribution in [3.8, 4) is 0 Å². The number of carboxylic acid groups (broad SMARTS) is 1. The second kappa shape index (κ2) is 5.42. The third-order valence-corrected chi connectivity index (χ3v) is 2.36. The first-order valence-electron chi connectivity index (χ1n) is 5.32. The first-order valence-corrected chi connectivity index (χ1v) is 5.32. The highest BCUT2D eigenvalue weighted by Crippen LogP contribution is 2.22. The van der Waals surface area contributed by atoms with Crippen LogP contribution < -0.4 is 0 Å². The van der Waals surface area contributed by atoms with Crippen molar-refractivity contribution in [2.45, 2.75) is 12.5 Å². The summed E-state index contributed by atoms with van der Waals surface area (Å²) in [5.41, 5.74) is 0.877. The Hall–Kier alpha value is -2.21. The van der Waals surface area contributed by atoms with Crippen LogP contribution >= 0.6 is 0 Å². The van der Waals surface area contributed by atoms with Gasteiger partial charge in [0.2, 0.25) is 11.7 Å². The van der Waals surface area contributed by atoms with Crippen LogP contribution in [0.25, 0.3) is 0 Å². The topological polar surface area (TPSA) is 85.5 Å². The minimum Gasteiger partial charge on any atom is -0.481 e. The number of hydrogen-bond donors (Lipinski definition) is 1. The zero-order valence-electron chi connectivity index (χ0n) is 9.74. The highest BCUT2D eigenvalue weighted by atomic mass is 16.5. The number of carboxylic acids is 1. The van der Waals surface area contributed by atoms with Crippen molar-refractivity contribution in [3.63, 3.8) is 0 Å². The van der Waals surface area contributed by atoms with E-state index in [0.29, 0.717) is 5.82 Å². The van der Waals surface area contributed by atoms with E-state index in [0.717, 1.165) is 5.56 Å². The molecular formula is C12H12N2O4. The van der Waals surface area contributed by atoms with Gasteiger partial charge in [-0.3, -0.25) is 4.79 Å². The first kappa shape index (κ1) is 12.3. The molecule has 0 aliphatic carbocycles. The molecule has 1 unspecified atom stereocenters. The maximum Gasteiger partial charge on any atom is 0.312 e. The molecule has 0 radical (unpaired) electrons. The highest BCUT2D eigenvalue weighted by Gasteiger charge is 2.20. The van der Waals surface area contributed by atoms with Crippen molar-refractivity contribution in [1.29, 1.82) is 0 Å². The van der Waals surface area contributed by atoms with Gasteiger partial charge in [-0.15, -0.1) is 0 Å². The van der Waals surface area contributed by atoms with Crippen molar-refractivity contribution in [3.05, 3.63) is 47.6 Å². The molecule has 18 heavy (non-hydrogen) atoms. The fourth-order valence-corrected chi connectivity index (χ4v) is 1.59. The number of benzene rings is 1. The predicted octanol–water partition coefficient (Wildman–Crippen LogP) is 1.43. The molecule has 2 rings (SSSR count). The number of aliphatic carboxylic acids is 1. The van der Waals surface area contributed by atoms with Crippen LogP contribution in [0, 0.1) is 0 Å². The Bertz CT molecular complexity index is 524.